The molecule has 0 bridgehead atoms. The van der Waals surface area contributed by atoms with E-state index in [1.807, 2.05) is 0 Å². The largest absolute Gasteiger partial charge is 0.350 e. The van der Waals surface area contributed by atoms with Crippen LogP contribution in [0.3, 0.4) is 0 Å². The number of rotatable bonds is 4. The van der Waals surface area contributed by atoms with Gasteiger partial charge in [-0.25, -0.2) is 15.8 Å². The van der Waals surface area contributed by atoms with Crippen LogP contribution in [0.25, 0.3) is 0 Å². The Morgan fingerprint density at radius 2 is 2.06 bits per heavy atom. The van der Waals surface area contributed by atoms with Crippen molar-refractivity contribution < 1.29 is 4.79 Å². The molecule has 94 valence electrons. The Morgan fingerprint density at radius 1 is 1.41 bits per heavy atom. The lowest BCUT2D eigenvalue weighted by atomic mass is 10.4. The summed E-state index contributed by atoms with van der Waals surface area (Å²) in [5.41, 5.74) is 2.47. The van der Waals surface area contributed by atoms with Gasteiger partial charge in [-0.05, 0) is 6.92 Å². The average Bonchev–Trinajstić information content (AvgIpc) is 2.27. The van der Waals surface area contributed by atoms with Gasteiger partial charge >= 0.3 is 0 Å². The van der Waals surface area contributed by atoms with Crippen molar-refractivity contribution >= 4 is 17.5 Å². The summed E-state index contributed by atoms with van der Waals surface area (Å²) >= 11 is 0. The number of aryl methyl sites for hydroxylation is 1. The summed E-state index contributed by atoms with van der Waals surface area (Å²) < 4.78 is 0. The Kier molecular flexibility index (Phi) is 4.22. The fraction of sp³-hybridized carbons (Fsp3) is 0.500. The number of nitrogens with two attached hydrogens (primary N) is 1. The zero-order valence-electron chi connectivity index (χ0n) is 10.6. The number of hydrogen-bond acceptors (Lipinski definition) is 6. The van der Waals surface area contributed by atoms with Gasteiger partial charge in [0.25, 0.3) is 0 Å². The molecule has 0 unspecified atom stereocenters. The maximum Gasteiger partial charge on any atom is 0.241 e. The second-order valence-corrected chi connectivity index (χ2v) is 3.95. The molecule has 7 nitrogen and oxygen atoms in total. The molecule has 17 heavy (non-hydrogen) atoms. The Balaban J connectivity index is 2.84. The van der Waals surface area contributed by atoms with Crippen LogP contribution in [0.15, 0.2) is 6.07 Å². The highest BCUT2D eigenvalue weighted by atomic mass is 16.2. The fourth-order valence-corrected chi connectivity index (χ4v) is 1.25. The molecule has 1 heterocycles. The number of anilines is 2. The number of likely N-dealkylation sites (N-methyl/N-ethyl adjacent to an activating group) is 2. The summed E-state index contributed by atoms with van der Waals surface area (Å²) in [6.07, 6.45) is 0. The van der Waals surface area contributed by atoms with Crippen molar-refractivity contribution in [3.63, 3.8) is 0 Å². The summed E-state index contributed by atoms with van der Waals surface area (Å²) in [5, 5.41) is 0. The second kappa shape index (κ2) is 5.44. The summed E-state index contributed by atoms with van der Waals surface area (Å²) in [6.45, 7) is 2.03. The summed E-state index contributed by atoms with van der Waals surface area (Å²) in [7, 11) is 5.23. The van der Waals surface area contributed by atoms with E-state index < -0.39 is 0 Å². The minimum atomic E-state index is 0.00558. The van der Waals surface area contributed by atoms with Crippen molar-refractivity contribution in [3.8, 4) is 0 Å². The van der Waals surface area contributed by atoms with E-state index in [0.29, 0.717) is 17.5 Å². The van der Waals surface area contributed by atoms with Gasteiger partial charge in [-0.15, -0.1) is 0 Å². The second-order valence-electron chi connectivity index (χ2n) is 3.95. The monoisotopic (exact) mass is 238 g/mol. The number of nitrogens with zero attached hydrogens (tertiary/aromatic N) is 4. The highest BCUT2D eigenvalue weighted by Crippen LogP contribution is 2.13. The molecule has 0 aliphatic heterocycles. The molecule has 1 aromatic rings. The zero-order chi connectivity index (χ0) is 13.0. The maximum atomic E-state index is 11.6. The highest BCUT2D eigenvalue weighted by molar-refractivity contribution is 5.80. The minimum Gasteiger partial charge on any atom is -0.350 e. The van der Waals surface area contributed by atoms with E-state index in [1.54, 1.807) is 39.0 Å². The van der Waals surface area contributed by atoms with Gasteiger partial charge in [0.2, 0.25) is 5.91 Å². The molecule has 1 rings (SSSR count). The molecule has 1 amide bonds. The first-order valence-electron chi connectivity index (χ1n) is 5.17. The quantitative estimate of drug-likeness (QED) is 0.548. The molecule has 1 aromatic heterocycles. The molecule has 7 heteroatoms. The molecule has 0 aromatic carbocycles. The van der Waals surface area contributed by atoms with Gasteiger partial charge in [0, 0.05) is 27.2 Å². The standard InChI is InChI=1S/C10H18N6O/c1-7-12-8(14-11)5-9(13-7)16(4)6-10(17)15(2)3/h5H,6,11H2,1-4H3,(H,12,13,14). The van der Waals surface area contributed by atoms with E-state index in [0.717, 1.165) is 0 Å². The van der Waals surface area contributed by atoms with E-state index >= 15 is 0 Å². The van der Waals surface area contributed by atoms with Crippen LogP contribution in [-0.4, -0.2) is 48.5 Å². The smallest absolute Gasteiger partial charge is 0.241 e. The van der Waals surface area contributed by atoms with E-state index in [-0.39, 0.29) is 12.5 Å². The lowest BCUT2D eigenvalue weighted by molar-refractivity contribution is -0.127. The lowest BCUT2D eigenvalue weighted by Gasteiger charge is -2.20. The number of nitrogen functional groups attached to an aromatic ring is 1. The number of aromatic nitrogens is 2. The van der Waals surface area contributed by atoms with Crippen LogP contribution in [0.4, 0.5) is 11.6 Å². The third-order valence-corrected chi connectivity index (χ3v) is 2.23. The molecule has 0 radical (unpaired) electrons. The number of hydrazine groups is 1. The molecule has 0 saturated heterocycles. The highest BCUT2D eigenvalue weighted by Gasteiger charge is 2.11. The van der Waals surface area contributed by atoms with Gasteiger partial charge in [-0.1, -0.05) is 0 Å². The normalized spacial score (nSPS) is 9.94. The molecule has 3 N–H and O–H groups in total. The first kappa shape index (κ1) is 13.2. The average molecular weight is 238 g/mol. The topological polar surface area (TPSA) is 87.4 Å². The summed E-state index contributed by atoms with van der Waals surface area (Å²) in [6, 6.07) is 1.69. The number of hydrogen-bond donors (Lipinski definition) is 2. The van der Waals surface area contributed by atoms with E-state index in [2.05, 4.69) is 15.4 Å². The third kappa shape index (κ3) is 3.56. The number of nitrogens with one attached hydrogen (secondary N) is 1. The molecule has 0 aliphatic carbocycles. The van der Waals surface area contributed by atoms with Crippen LogP contribution in [0.2, 0.25) is 0 Å². The van der Waals surface area contributed by atoms with Gasteiger partial charge in [-0.3, -0.25) is 4.79 Å². The zero-order valence-corrected chi connectivity index (χ0v) is 10.6. The third-order valence-electron chi connectivity index (χ3n) is 2.23. The molecule has 0 spiro atoms. The van der Waals surface area contributed by atoms with E-state index in [9.17, 15) is 4.79 Å². The van der Waals surface area contributed by atoms with Crippen molar-refractivity contribution in [1.29, 1.82) is 0 Å². The minimum absolute atomic E-state index is 0.00558. The number of carbonyl (C=O) groups is 1. The van der Waals surface area contributed by atoms with Crippen LogP contribution in [0, 0.1) is 6.92 Å². The SMILES string of the molecule is Cc1nc(NN)cc(N(C)CC(=O)N(C)C)n1. The van der Waals surface area contributed by atoms with Crippen molar-refractivity contribution in [3.05, 3.63) is 11.9 Å². The van der Waals surface area contributed by atoms with Gasteiger partial charge in [0.1, 0.15) is 17.5 Å². The van der Waals surface area contributed by atoms with Crippen LogP contribution in [-0.2, 0) is 4.79 Å². The first-order valence-corrected chi connectivity index (χ1v) is 5.17. The van der Waals surface area contributed by atoms with Gasteiger partial charge in [0.05, 0.1) is 6.54 Å². The number of carbonyl (C=O) groups excluding carboxylic acids is 1. The molecule has 0 saturated carbocycles. The van der Waals surface area contributed by atoms with Crippen molar-refractivity contribution in [2.45, 2.75) is 6.92 Å². The van der Waals surface area contributed by atoms with Gasteiger partial charge in [-0.2, -0.15) is 0 Å². The molecule has 0 atom stereocenters. The van der Waals surface area contributed by atoms with Crippen LogP contribution in [0.5, 0.6) is 0 Å². The predicted molar refractivity (Wildman–Crippen MR) is 66.5 cm³/mol. The molecular weight excluding hydrogens is 220 g/mol. The van der Waals surface area contributed by atoms with Gasteiger partial charge < -0.3 is 15.2 Å². The summed E-state index contributed by atoms with van der Waals surface area (Å²) in [5.74, 6) is 7.08. The Labute approximate surface area is 101 Å². The first-order chi connectivity index (χ1) is 7.93. The Morgan fingerprint density at radius 3 is 2.59 bits per heavy atom. The Hall–Kier alpha value is -1.89. The van der Waals surface area contributed by atoms with Crippen molar-refractivity contribution in [2.75, 3.05) is 38.0 Å². The van der Waals surface area contributed by atoms with E-state index in [1.165, 1.54) is 4.90 Å². The predicted octanol–water partition coefficient (Wildman–Crippen LogP) is -0.405. The number of amides is 1. The van der Waals surface area contributed by atoms with Crippen molar-refractivity contribution in [1.82, 2.24) is 14.9 Å². The molecular formula is C10H18N6O. The van der Waals surface area contributed by atoms with Crippen molar-refractivity contribution in [2.24, 2.45) is 5.84 Å². The van der Waals surface area contributed by atoms with Gasteiger partial charge in [0.15, 0.2) is 0 Å². The summed E-state index contributed by atoms with van der Waals surface area (Å²) in [4.78, 5) is 23.2. The molecule has 0 fully saturated rings. The Bertz CT molecular complexity index is 406. The fourth-order valence-electron chi connectivity index (χ4n) is 1.25. The van der Waals surface area contributed by atoms with Crippen LogP contribution >= 0.6 is 0 Å². The lowest BCUT2D eigenvalue weighted by Crippen LogP contribution is -2.34. The van der Waals surface area contributed by atoms with Crippen LogP contribution < -0.4 is 16.2 Å². The van der Waals surface area contributed by atoms with Crippen LogP contribution in [0.1, 0.15) is 5.82 Å². The maximum absolute atomic E-state index is 11.6. The van der Waals surface area contributed by atoms with E-state index in [4.69, 9.17) is 5.84 Å². The molecule has 0 aliphatic rings.